The van der Waals surface area contributed by atoms with Crippen molar-refractivity contribution in [1.29, 1.82) is 5.26 Å². The first kappa shape index (κ1) is 17.5. The number of amides is 1. The van der Waals surface area contributed by atoms with E-state index in [1.54, 1.807) is 6.08 Å². The number of nitrogens with zero attached hydrogens (tertiary/aromatic N) is 2. The third kappa shape index (κ3) is 3.84. The molecule has 0 unspecified atom stereocenters. The van der Waals surface area contributed by atoms with Gasteiger partial charge in [-0.2, -0.15) is 5.26 Å². The highest BCUT2D eigenvalue weighted by Crippen LogP contribution is 2.23. The summed E-state index contributed by atoms with van der Waals surface area (Å²) < 4.78 is 2.06. The molecule has 1 heterocycles. The van der Waals surface area contributed by atoms with Crippen molar-refractivity contribution in [1.82, 2.24) is 4.57 Å². The average Bonchev–Trinajstić information content (AvgIpc) is 3.03. The Morgan fingerprint density at radius 3 is 2.77 bits per heavy atom. The highest BCUT2D eigenvalue weighted by molar-refractivity contribution is 6.03. The largest absolute Gasteiger partial charge is 0.346 e. The number of carbonyl (C=O) groups excluding carboxylic acids is 1. The van der Waals surface area contributed by atoms with Crippen LogP contribution in [-0.4, -0.2) is 10.5 Å². The number of hydrogen-bond acceptors (Lipinski definition) is 2. The number of carbonyl (C=O) groups is 1. The molecule has 4 heteroatoms. The van der Waals surface area contributed by atoms with E-state index in [1.807, 2.05) is 60.8 Å². The fourth-order valence-electron chi connectivity index (χ4n) is 3.05. The van der Waals surface area contributed by atoms with Gasteiger partial charge in [0.25, 0.3) is 0 Å². The van der Waals surface area contributed by atoms with Crippen LogP contribution in [0.2, 0.25) is 0 Å². The summed E-state index contributed by atoms with van der Waals surface area (Å²) >= 11 is 0. The van der Waals surface area contributed by atoms with Crippen molar-refractivity contribution in [3.8, 4) is 6.07 Å². The second kappa shape index (κ2) is 8.17. The molecule has 0 spiro atoms. The Labute approximate surface area is 153 Å². The first-order valence-electron chi connectivity index (χ1n) is 8.74. The molecule has 0 saturated carbocycles. The summed E-state index contributed by atoms with van der Waals surface area (Å²) in [6, 6.07) is 18.0. The lowest BCUT2D eigenvalue weighted by molar-refractivity contribution is -0.111. The van der Waals surface area contributed by atoms with Gasteiger partial charge in [-0.05, 0) is 30.2 Å². The molecule has 2 aromatic carbocycles. The van der Waals surface area contributed by atoms with Gasteiger partial charge in [0.1, 0.15) is 0 Å². The van der Waals surface area contributed by atoms with E-state index in [0.29, 0.717) is 13.0 Å². The molecule has 4 nitrogen and oxygen atoms in total. The minimum absolute atomic E-state index is 0.153. The number of benzene rings is 2. The fourth-order valence-corrected chi connectivity index (χ4v) is 3.05. The van der Waals surface area contributed by atoms with Crippen LogP contribution in [0.25, 0.3) is 17.0 Å². The number of aryl methyl sites for hydroxylation is 2. The zero-order valence-corrected chi connectivity index (χ0v) is 14.8. The number of hydrogen-bond donors (Lipinski definition) is 1. The van der Waals surface area contributed by atoms with Crippen molar-refractivity contribution in [3.63, 3.8) is 0 Å². The second-order valence-electron chi connectivity index (χ2n) is 6.04. The van der Waals surface area contributed by atoms with Crippen LogP contribution in [0.3, 0.4) is 0 Å². The molecule has 0 fully saturated rings. The molecule has 3 aromatic rings. The lowest BCUT2D eigenvalue weighted by Gasteiger charge is -2.07. The average molecular weight is 343 g/mol. The van der Waals surface area contributed by atoms with Crippen molar-refractivity contribution >= 4 is 28.6 Å². The molecule has 26 heavy (non-hydrogen) atoms. The van der Waals surface area contributed by atoms with Crippen molar-refractivity contribution in [2.24, 2.45) is 0 Å². The highest BCUT2D eigenvalue weighted by atomic mass is 16.1. The molecular weight excluding hydrogens is 322 g/mol. The Morgan fingerprint density at radius 1 is 1.19 bits per heavy atom. The fraction of sp³-hybridized carbons (Fsp3) is 0.182. The molecule has 1 amide bonds. The van der Waals surface area contributed by atoms with Crippen LogP contribution in [0.1, 0.15) is 24.5 Å². The topological polar surface area (TPSA) is 57.8 Å². The zero-order valence-electron chi connectivity index (χ0n) is 14.8. The number of nitriles is 1. The van der Waals surface area contributed by atoms with Gasteiger partial charge >= 0.3 is 0 Å². The van der Waals surface area contributed by atoms with E-state index in [2.05, 4.69) is 22.9 Å². The monoisotopic (exact) mass is 343 g/mol. The number of anilines is 1. The number of rotatable bonds is 6. The predicted molar refractivity (Wildman–Crippen MR) is 106 cm³/mol. The molecule has 1 aromatic heterocycles. The lowest BCUT2D eigenvalue weighted by atomic mass is 10.1. The lowest BCUT2D eigenvalue weighted by Crippen LogP contribution is -2.09. The highest BCUT2D eigenvalue weighted by Gasteiger charge is 2.07. The Balaban J connectivity index is 1.82. The van der Waals surface area contributed by atoms with E-state index in [1.165, 1.54) is 0 Å². The smallest absolute Gasteiger partial charge is 0.248 e. The normalized spacial score (nSPS) is 10.9. The molecule has 0 aliphatic carbocycles. The molecule has 0 saturated heterocycles. The van der Waals surface area contributed by atoms with Crippen molar-refractivity contribution in [2.45, 2.75) is 26.3 Å². The van der Waals surface area contributed by atoms with Crippen molar-refractivity contribution in [2.75, 3.05) is 5.32 Å². The van der Waals surface area contributed by atoms with Crippen LogP contribution >= 0.6 is 0 Å². The quantitative estimate of drug-likeness (QED) is 0.655. The summed E-state index contributed by atoms with van der Waals surface area (Å²) in [5.41, 5.74) is 4.00. The number of aromatic nitrogens is 1. The zero-order chi connectivity index (χ0) is 18.4. The number of fused-ring (bicyclic) bond motifs is 1. The van der Waals surface area contributed by atoms with Crippen LogP contribution in [0.4, 0.5) is 5.69 Å². The maximum atomic E-state index is 12.3. The third-order valence-corrected chi connectivity index (χ3v) is 4.35. The van der Waals surface area contributed by atoms with Crippen molar-refractivity contribution < 1.29 is 4.79 Å². The van der Waals surface area contributed by atoms with Gasteiger partial charge in [0, 0.05) is 41.0 Å². The Morgan fingerprint density at radius 2 is 1.96 bits per heavy atom. The van der Waals surface area contributed by atoms with Crippen molar-refractivity contribution in [3.05, 3.63) is 71.9 Å². The molecule has 3 rings (SSSR count). The first-order chi connectivity index (χ1) is 12.7. The number of para-hydroxylation sites is 2. The van der Waals surface area contributed by atoms with Crippen LogP contribution < -0.4 is 5.32 Å². The molecule has 0 aliphatic heterocycles. The molecule has 130 valence electrons. The molecule has 0 atom stereocenters. The molecule has 0 aliphatic rings. The minimum Gasteiger partial charge on any atom is -0.346 e. The summed E-state index contributed by atoms with van der Waals surface area (Å²) in [6.07, 6.45) is 6.70. The second-order valence-corrected chi connectivity index (χ2v) is 6.04. The molecule has 0 radical (unpaired) electrons. The third-order valence-electron chi connectivity index (χ3n) is 4.35. The predicted octanol–water partition coefficient (Wildman–Crippen LogP) is 4.77. The van der Waals surface area contributed by atoms with Gasteiger partial charge in [-0.1, -0.05) is 43.3 Å². The SMILES string of the molecule is CCc1ccccc1NC(=O)/C=C/c1cn(CCC#N)c2ccccc12. The van der Waals surface area contributed by atoms with Gasteiger partial charge in [0.15, 0.2) is 0 Å². The molecule has 0 bridgehead atoms. The Bertz CT molecular complexity index is 992. The summed E-state index contributed by atoms with van der Waals surface area (Å²) in [5, 5.41) is 12.9. The van der Waals surface area contributed by atoms with Gasteiger partial charge in [-0.3, -0.25) is 4.79 Å². The maximum Gasteiger partial charge on any atom is 0.248 e. The first-order valence-corrected chi connectivity index (χ1v) is 8.74. The Kier molecular flexibility index (Phi) is 5.50. The van der Waals surface area contributed by atoms with Crippen LogP contribution in [0, 0.1) is 11.3 Å². The summed E-state index contributed by atoms with van der Waals surface area (Å²) in [7, 11) is 0. The van der Waals surface area contributed by atoms with E-state index in [-0.39, 0.29) is 5.91 Å². The van der Waals surface area contributed by atoms with Crippen LogP contribution in [0.5, 0.6) is 0 Å². The summed E-state index contributed by atoms with van der Waals surface area (Å²) in [4.78, 5) is 12.3. The minimum atomic E-state index is -0.153. The van der Waals surface area contributed by atoms with Gasteiger partial charge in [-0.25, -0.2) is 0 Å². The van der Waals surface area contributed by atoms with Gasteiger partial charge in [-0.15, -0.1) is 0 Å². The summed E-state index contributed by atoms with van der Waals surface area (Å²) in [6.45, 7) is 2.71. The van der Waals surface area contributed by atoms with E-state index in [9.17, 15) is 4.79 Å². The van der Waals surface area contributed by atoms with E-state index < -0.39 is 0 Å². The van der Waals surface area contributed by atoms with E-state index in [0.717, 1.165) is 34.1 Å². The van der Waals surface area contributed by atoms with Crippen LogP contribution in [-0.2, 0) is 17.8 Å². The molecule has 1 N–H and O–H groups in total. The van der Waals surface area contributed by atoms with Gasteiger partial charge < -0.3 is 9.88 Å². The van der Waals surface area contributed by atoms with E-state index >= 15 is 0 Å². The van der Waals surface area contributed by atoms with Gasteiger partial charge in [0.2, 0.25) is 5.91 Å². The standard InChI is InChI=1S/C22H21N3O/c1-2-17-8-3-5-10-20(17)24-22(26)13-12-18-16-25(15-7-14-23)21-11-6-4-9-19(18)21/h3-6,8-13,16H,2,7,15H2,1H3,(H,24,26)/b13-12+. The Hall–Kier alpha value is -3.32. The van der Waals surface area contributed by atoms with Gasteiger partial charge in [0.05, 0.1) is 12.5 Å². The van der Waals surface area contributed by atoms with Crippen LogP contribution in [0.15, 0.2) is 60.8 Å². The van der Waals surface area contributed by atoms with E-state index in [4.69, 9.17) is 5.26 Å². The summed E-state index contributed by atoms with van der Waals surface area (Å²) in [5.74, 6) is -0.153. The maximum absolute atomic E-state index is 12.3. The molecular formula is C22H21N3O. The number of nitrogens with one attached hydrogen (secondary N) is 1.